The number of carbonyl (C=O) groups is 1. The lowest BCUT2D eigenvalue weighted by atomic mass is 10.0. The summed E-state index contributed by atoms with van der Waals surface area (Å²) >= 11 is 6.04. The Balaban J connectivity index is 2.37. The number of hydrogen-bond donors (Lipinski definition) is 2. The van der Waals surface area contributed by atoms with E-state index in [2.05, 4.69) is 10.3 Å². The summed E-state index contributed by atoms with van der Waals surface area (Å²) in [6, 6.07) is 6.65. The van der Waals surface area contributed by atoms with Gasteiger partial charge in [-0.25, -0.2) is 0 Å². The van der Waals surface area contributed by atoms with Gasteiger partial charge in [0.1, 0.15) is 0 Å². The van der Waals surface area contributed by atoms with Crippen LogP contribution in [0.3, 0.4) is 0 Å². The first-order valence-corrected chi connectivity index (χ1v) is 6.47. The highest BCUT2D eigenvalue weighted by atomic mass is 35.5. The van der Waals surface area contributed by atoms with Crippen molar-refractivity contribution >= 4 is 34.1 Å². The number of nitrogens with one attached hydrogen (secondary N) is 1. The number of aromatic nitrogens is 1. The van der Waals surface area contributed by atoms with Gasteiger partial charge in [-0.3, -0.25) is 9.78 Å². The van der Waals surface area contributed by atoms with Crippen LogP contribution in [0.4, 0.5) is 5.69 Å². The van der Waals surface area contributed by atoms with Crippen LogP contribution in [0.5, 0.6) is 0 Å². The van der Waals surface area contributed by atoms with Crippen LogP contribution in [-0.4, -0.2) is 16.9 Å². The molecule has 0 aliphatic rings. The van der Waals surface area contributed by atoms with Crippen molar-refractivity contribution in [3.63, 3.8) is 0 Å². The number of nitrogens with two attached hydrogens (primary N) is 1. The Labute approximate surface area is 117 Å². The van der Waals surface area contributed by atoms with Crippen LogP contribution in [0.25, 0.3) is 10.9 Å². The van der Waals surface area contributed by atoms with Crippen molar-refractivity contribution in [2.24, 2.45) is 11.7 Å². The molecule has 100 valence electrons. The summed E-state index contributed by atoms with van der Waals surface area (Å²) in [5.74, 6) is -0.164. The van der Waals surface area contributed by atoms with Crippen molar-refractivity contribution < 1.29 is 4.79 Å². The topological polar surface area (TPSA) is 68.0 Å². The lowest BCUT2D eigenvalue weighted by molar-refractivity contribution is -0.118. The second kappa shape index (κ2) is 5.55. The van der Waals surface area contributed by atoms with E-state index in [1.165, 1.54) is 0 Å². The monoisotopic (exact) mass is 277 g/mol. The molecule has 1 amide bonds. The number of benzene rings is 1. The third-order valence-corrected chi connectivity index (χ3v) is 3.17. The highest BCUT2D eigenvalue weighted by Gasteiger charge is 2.18. The van der Waals surface area contributed by atoms with E-state index in [4.69, 9.17) is 17.3 Å². The van der Waals surface area contributed by atoms with E-state index in [1.807, 2.05) is 32.0 Å². The van der Waals surface area contributed by atoms with Crippen LogP contribution in [0.2, 0.25) is 5.02 Å². The fourth-order valence-electron chi connectivity index (χ4n) is 1.77. The highest BCUT2D eigenvalue weighted by Crippen LogP contribution is 2.26. The smallest absolute Gasteiger partial charge is 0.241 e. The summed E-state index contributed by atoms with van der Waals surface area (Å²) in [5.41, 5.74) is 7.12. The van der Waals surface area contributed by atoms with Crippen molar-refractivity contribution in [1.29, 1.82) is 0 Å². The summed E-state index contributed by atoms with van der Waals surface area (Å²) in [7, 11) is 0. The minimum Gasteiger partial charge on any atom is -0.323 e. The molecule has 0 radical (unpaired) electrons. The van der Waals surface area contributed by atoms with Crippen molar-refractivity contribution in [2.45, 2.75) is 19.9 Å². The highest BCUT2D eigenvalue weighted by molar-refractivity contribution is 6.32. The molecule has 0 aliphatic heterocycles. The van der Waals surface area contributed by atoms with E-state index in [-0.39, 0.29) is 11.8 Å². The number of pyridine rings is 1. The maximum atomic E-state index is 12.0. The number of rotatable bonds is 3. The van der Waals surface area contributed by atoms with Gasteiger partial charge in [-0.05, 0) is 24.1 Å². The molecule has 0 aliphatic carbocycles. The summed E-state index contributed by atoms with van der Waals surface area (Å²) < 4.78 is 0. The Morgan fingerprint density at radius 3 is 2.84 bits per heavy atom. The van der Waals surface area contributed by atoms with Crippen LogP contribution >= 0.6 is 11.6 Å². The van der Waals surface area contributed by atoms with Crippen molar-refractivity contribution in [2.75, 3.05) is 5.32 Å². The first-order valence-electron chi connectivity index (χ1n) is 6.09. The molecule has 3 N–H and O–H groups in total. The third kappa shape index (κ3) is 3.03. The number of carbonyl (C=O) groups excluding carboxylic acids is 1. The number of amides is 1. The summed E-state index contributed by atoms with van der Waals surface area (Å²) in [6.45, 7) is 3.80. The predicted octanol–water partition coefficient (Wildman–Crippen LogP) is 2.81. The molecule has 0 spiro atoms. The molecule has 0 unspecified atom stereocenters. The largest absolute Gasteiger partial charge is 0.323 e. The first-order chi connectivity index (χ1) is 8.99. The summed E-state index contributed by atoms with van der Waals surface area (Å²) in [4.78, 5) is 16.3. The first kappa shape index (κ1) is 13.8. The number of halogens is 1. The van der Waals surface area contributed by atoms with Gasteiger partial charge >= 0.3 is 0 Å². The molecule has 5 heteroatoms. The van der Waals surface area contributed by atoms with E-state index in [1.54, 1.807) is 12.3 Å². The van der Waals surface area contributed by atoms with E-state index in [9.17, 15) is 4.79 Å². The summed E-state index contributed by atoms with van der Waals surface area (Å²) in [6.07, 6.45) is 1.67. The van der Waals surface area contributed by atoms with Gasteiger partial charge in [-0.15, -0.1) is 0 Å². The maximum Gasteiger partial charge on any atom is 0.241 e. The second-order valence-electron chi connectivity index (χ2n) is 4.79. The minimum absolute atomic E-state index is 0.0680. The fourth-order valence-corrected chi connectivity index (χ4v) is 2.00. The molecular formula is C14H16ClN3O. The zero-order valence-corrected chi connectivity index (χ0v) is 11.6. The second-order valence-corrected chi connectivity index (χ2v) is 5.22. The van der Waals surface area contributed by atoms with Crippen LogP contribution < -0.4 is 11.1 Å². The molecule has 1 aromatic heterocycles. The van der Waals surface area contributed by atoms with Gasteiger partial charge in [0.05, 0.1) is 17.2 Å². The molecule has 1 heterocycles. The average molecular weight is 278 g/mol. The Morgan fingerprint density at radius 1 is 1.42 bits per heavy atom. The summed E-state index contributed by atoms with van der Waals surface area (Å²) in [5, 5.41) is 4.22. The van der Waals surface area contributed by atoms with E-state index >= 15 is 0 Å². The average Bonchev–Trinajstić information content (AvgIpc) is 2.37. The molecule has 0 fully saturated rings. The molecule has 4 nitrogen and oxygen atoms in total. The molecule has 0 saturated carbocycles. The normalized spacial score (nSPS) is 12.7. The van der Waals surface area contributed by atoms with E-state index in [0.717, 1.165) is 5.39 Å². The molecule has 2 aromatic rings. The Bertz CT molecular complexity index is 613. The Hall–Kier alpha value is -1.65. The molecule has 19 heavy (non-hydrogen) atoms. The molecule has 0 saturated heterocycles. The van der Waals surface area contributed by atoms with Gasteiger partial charge < -0.3 is 11.1 Å². The number of fused-ring (bicyclic) bond motifs is 1. The van der Waals surface area contributed by atoms with Gasteiger partial charge in [0.25, 0.3) is 0 Å². The Morgan fingerprint density at radius 2 is 2.16 bits per heavy atom. The molecule has 1 atom stereocenters. The third-order valence-electron chi connectivity index (χ3n) is 2.95. The van der Waals surface area contributed by atoms with Gasteiger partial charge in [-0.1, -0.05) is 31.5 Å². The quantitative estimate of drug-likeness (QED) is 0.906. The van der Waals surface area contributed by atoms with Crippen LogP contribution in [-0.2, 0) is 4.79 Å². The number of hydrogen-bond acceptors (Lipinski definition) is 3. The SMILES string of the molecule is CC(C)[C@H](N)C(=O)Nc1cc(Cl)cc2cccnc12. The zero-order chi connectivity index (χ0) is 14.0. The number of anilines is 1. The lowest BCUT2D eigenvalue weighted by Crippen LogP contribution is -2.39. The van der Waals surface area contributed by atoms with E-state index in [0.29, 0.717) is 16.2 Å². The van der Waals surface area contributed by atoms with Crippen molar-refractivity contribution in [3.8, 4) is 0 Å². The van der Waals surface area contributed by atoms with Gasteiger partial charge in [-0.2, -0.15) is 0 Å². The van der Waals surface area contributed by atoms with Crippen LogP contribution in [0.15, 0.2) is 30.5 Å². The van der Waals surface area contributed by atoms with Crippen molar-refractivity contribution in [3.05, 3.63) is 35.5 Å². The number of nitrogens with zero attached hydrogens (tertiary/aromatic N) is 1. The van der Waals surface area contributed by atoms with Gasteiger partial charge in [0.15, 0.2) is 0 Å². The Kier molecular flexibility index (Phi) is 4.02. The maximum absolute atomic E-state index is 12.0. The van der Waals surface area contributed by atoms with Crippen LogP contribution in [0, 0.1) is 5.92 Å². The molecule has 2 rings (SSSR count). The minimum atomic E-state index is -0.558. The fraction of sp³-hybridized carbons (Fsp3) is 0.286. The van der Waals surface area contributed by atoms with Gasteiger partial charge in [0, 0.05) is 16.6 Å². The van der Waals surface area contributed by atoms with Crippen molar-refractivity contribution in [1.82, 2.24) is 4.98 Å². The predicted molar refractivity (Wildman–Crippen MR) is 78.2 cm³/mol. The lowest BCUT2D eigenvalue weighted by Gasteiger charge is -2.16. The molecule has 0 bridgehead atoms. The van der Waals surface area contributed by atoms with Crippen LogP contribution in [0.1, 0.15) is 13.8 Å². The standard InChI is InChI=1S/C14H16ClN3O/c1-8(2)12(16)14(19)18-11-7-10(15)6-9-4-3-5-17-13(9)11/h3-8,12H,16H2,1-2H3,(H,18,19)/t12-/m0/s1. The van der Waals surface area contributed by atoms with Gasteiger partial charge in [0.2, 0.25) is 5.91 Å². The van der Waals surface area contributed by atoms with E-state index < -0.39 is 6.04 Å². The molecule has 1 aromatic carbocycles. The zero-order valence-electron chi connectivity index (χ0n) is 10.9. The molecular weight excluding hydrogens is 262 g/mol.